The number of esters is 3. The van der Waals surface area contributed by atoms with E-state index in [1.165, 1.54) is 20.3 Å². The molecule has 0 saturated carbocycles. The van der Waals surface area contributed by atoms with Crippen molar-refractivity contribution in [3.05, 3.63) is 36.4 Å². The first kappa shape index (κ1) is 16.2. The van der Waals surface area contributed by atoms with E-state index in [1.54, 1.807) is 18.2 Å². The maximum atomic E-state index is 11.5. The van der Waals surface area contributed by atoms with Gasteiger partial charge < -0.3 is 18.9 Å². The first-order valence-electron chi connectivity index (χ1n) is 5.83. The lowest BCUT2D eigenvalue weighted by molar-refractivity contribution is -0.150. The second-order valence-electron chi connectivity index (χ2n) is 3.59. The Hall–Kier alpha value is -2.83. The standard InChI is InChI=1S/C14H14O7/c1-18-10-5-3-4-6-11(10)21-14(17)9-20-13(16)8-7-12(15)19-2/h3-8H,9H2,1-2H3/b8-7-. The van der Waals surface area contributed by atoms with Crippen LogP contribution in [0.25, 0.3) is 0 Å². The predicted octanol–water partition coefficient (Wildman–Crippen LogP) is 0.873. The number of methoxy groups -OCH3 is 2. The molecule has 0 spiro atoms. The third-order valence-electron chi connectivity index (χ3n) is 2.18. The molecule has 21 heavy (non-hydrogen) atoms. The molecule has 1 rings (SSSR count). The molecule has 0 aliphatic rings. The fourth-order valence-electron chi connectivity index (χ4n) is 1.24. The molecule has 0 saturated heterocycles. The summed E-state index contributed by atoms with van der Waals surface area (Å²) in [6, 6.07) is 6.54. The summed E-state index contributed by atoms with van der Waals surface area (Å²) in [5.74, 6) is -1.76. The van der Waals surface area contributed by atoms with E-state index in [-0.39, 0.29) is 5.75 Å². The summed E-state index contributed by atoms with van der Waals surface area (Å²) in [5, 5.41) is 0. The fourth-order valence-corrected chi connectivity index (χ4v) is 1.24. The molecule has 0 N–H and O–H groups in total. The lowest BCUT2D eigenvalue weighted by Gasteiger charge is -2.08. The molecule has 1 aromatic rings. The van der Waals surface area contributed by atoms with Gasteiger partial charge in [-0.25, -0.2) is 14.4 Å². The van der Waals surface area contributed by atoms with Crippen molar-refractivity contribution in [1.82, 2.24) is 0 Å². The Labute approximate surface area is 121 Å². The summed E-state index contributed by atoms with van der Waals surface area (Å²) < 4.78 is 18.9. The molecule has 7 heteroatoms. The second kappa shape index (κ2) is 8.36. The van der Waals surface area contributed by atoms with Crippen LogP contribution in [0.5, 0.6) is 11.5 Å². The highest BCUT2D eigenvalue weighted by Crippen LogP contribution is 2.25. The van der Waals surface area contributed by atoms with Gasteiger partial charge in [0, 0.05) is 12.2 Å². The largest absolute Gasteiger partial charge is 0.493 e. The SMILES string of the molecule is COC(=O)/C=C\C(=O)OCC(=O)Oc1ccccc1OC. The number of carbonyl (C=O) groups is 3. The zero-order chi connectivity index (χ0) is 15.7. The minimum absolute atomic E-state index is 0.214. The average molecular weight is 294 g/mol. The van der Waals surface area contributed by atoms with Crippen LogP contribution in [-0.2, 0) is 23.9 Å². The van der Waals surface area contributed by atoms with Crippen molar-refractivity contribution < 1.29 is 33.3 Å². The monoisotopic (exact) mass is 294 g/mol. The third kappa shape index (κ3) is 5.77. The smallest absolute Gasteiger partial charge is 0.349 e. The summed E-state index contributed by atoms with van der Waals surface area (Å²) >= 11 is 0. The molecule has 0 atom stereocenters. The van der Waals surface area contributed by atoms with Crippen molar-refractivity contribution >= 4 is 17.9 Å². The number of rotatable bonds is 6. The summed E-state index contributed by atoms with van der Waals surface area (Å²) in [5.41, 5.74) is 0. The van der Waals surface area contributed by atoms with Gasteiger partial charge in [-0.3, -0.25) is 0 Å². The summed E-state index contributed by atoms with van der Waals surface area (Å²) in [6.45, 7) is -0.595. The molecule has 0 bridgehead atoms. The van der Waals surface area contributed by atoms with Crippen molar-refractivity contribution in [2.45, 2.75) is 0 Å². The van der Waals surface area contributed by atoms with Gasteiger partial charge in [-0.15, -0.1) is 0 Å². The topological polar surface area (TPSA) is 88.1 Å². The van der Waals surface area contributed by atoms with Crippen LogP contribution in [0.15, 0.2) is 36.4 Å². The number of benzene rings is 1. The maximum Gasteiger partial charge on any atom is 0.349 e. The lowest BCUT2D eigenvalue weighted by atomic mass is 10.3. The van der Waals surface area contributed by atoms with E-state index in [4.69, 9.17) is 9.47 Å². The minimum atomic E-state index is -0.864. The first-order valence-corrected chi connectivity index (χ1v) is 5.83. The zero-order valence-electron chi connectivity index (χ0n) is 11.5. The van der Waals surface area contributed by atoms with Crippen LogP contribution in [0, 0.1) is 0 Å². The number of hydrogen-bond acceptors (Lipinski definition) is 7. The van der Waals surface area contributed by atoms with Gasteiger partial charge in [-0.1, -0.05) is 12.1 Å². The van der Waals surface area contributed by atoms with Gasteiger partial charge in [0.25, 0.3) is 0 Å². The van der Waals surface area contributed by atoms with Crippen molar-refractivity contribution in [3.63, 3.8) is 0 Å². The molecule has 1 aromatic carbocycles. The molecular formula is C14H14O7. The van der Waals surface area contributed by atoms with E-state index in [1.807, 2.05) is 0 Å². The van der Waals surface area contributed by atoms with Crippen LogP contribution < -0.4 is 9.47 Å². The van der Waals surface area contributed by atoms with Gasteiger partial charge in [0.2, 0.25) is 0 Å². The second-order valence-corrected chi connectivity index (χ2v) is 3.59. The summed E-state index contributed by atoms with van der Waals surface area (Å²) in [7, 11) is 2.60. The third-order valence-corrected chi connectivity index (χ3v) is 2.18. The first-order chi connectivity index (χ1) is 10.1. The Bertz CT molecular complexity index is 548. The molecule has 0 fully saturated rings. The summed E-state index contributed by atoms with van der Waals surface area (Å²) in [4.78, 5) is 33.4. The molecule has 0 heterocycles. The van der Waals surface area contributed by atoms with E-state index in [0.717, 1.165) is 12.2 Å². The van der Waals surface area contributed by atoms with E-state index < -0.39 is 24.5 Å². The van der Waals surface area contributed by atoms with Crippen LogP contribution in [-0.4, -0.2) is 38.7 Å². The lowest BCUT2D eigenvalue weighted by Crippen LogP contribution is -2.18. The average Bonchev–Trinajstić information content (AvgIpc) is 2.51. The highest BCUT2D eigenvalue weighted by atomic mass is 16.6. The van der Waals surface area contributed by atoms with Gasteiger partial charge in [0.15, 0.2) is 18.1 Å². The molecule has 0 aromatic heterocycles. The Balaban J connectivity index is 2.46. The highest BCUT2D eigenvalue weighted by Gasteiger charge is 2.11. The van der Waals surface area contributed by atoms with Crippen molar-refractivity contribution in [1.29, 1.82) is 0 Å². The van der Waals surface area contributed by atoms with Crippen LogP contribution >= 0.6 is 0 Å². The number of ether oxygens (including phenoxy) is 4. The number of hydrogen-bond donors (Lipinski definition) is 0. The molecule has 0 amide bonds. The normalized spacial score (nSPS) is 10.0. The van der Waals surface area contributed by atoms with Gasteiger partial charge >= 0.3 is 17.9 Å². The molecule has 0 radical (unpaired) electrons. The number of carbonyl (C=O) groups excluding carboxylic acids is 3. The predicted molar refractivity (Wildman–Crippen MR) is 70.7 cm³/mol. The molecule has 0 aliphatic carbocycles. The maximum absolute atomic E-state index is 11.5. The molecule has 0 unspecified atom stereocenters. The Morgan fingerprint density at radius 2 is 1.62 bits per heavy atom. The van der Waals surface area contributed by atoms with Gasteiger partial charge in [0.1, 0.15) is 0 Å². The Morgan fingerprint density at radius 3 is 2.24 bits per heavy atom. The fraction of sp³-hybridized carbons (Fsp3) is 0.214. The zero-order valence-corrected chi connectivity index (χ0v) is 11.5. The van der Waals surface area contributed by atoms with E-state index in [2.05, 4.69) is 9.47 Å². The highest BCUT2D eigenvalue weighted by molar-refractivity contribution is 5.92. The Kier molecular flexibility index (Phi) is 6.46. The van der Waals surface area contributed by atoms with Crippen LogP contribution in [0.1, 0.15) is 0 Å². The molecular weight excluding hydrogens is 280 g/mol. The number of para-hydroxylation sites is 2. The molecule has 7 nitrogen and oxygen atoms in total. The van der Waals surface area contributed by atoms with Crippen LogP contribution in [0.2, 0.25) is 0 Å². The van der Waals surface area contributed by atoms with Gasteiger partial charge in [-0.05, 0) is 12.1 Å². The Morgan fingerprint density at radius 1 is 1.00 bits per heavy atom. The molecule has 112 valence electrons. The van der Waals surface area contributed by atoms with Crippen molar-refractivity contribution in [2.24, 2.45) is 0 Å². The van der Waals surface area contributed by atoms with E-state index in [9.17, 15) is 14.4 Å². The summed E-state index contributed by atoms with van der Waals surface area (Å²) in [6.07, 6.45) is 1.73. The van der Waals surface area contributed by atoms with Crippen molar-refractivity contribution in [3.8, 4) is 11.5 Å². The van der Waals surface area contributed by atoms with Crippen molar-refractivity contribution in [2.75, 3.05) is 20.8 Å². The van der Waals surface area contributed by atoms with E-state index in [0.29, 0.717) is 5.75 Å². The van der Waals surface area contributed by atoms with E-state index >= 15 is 0 Å². The minimum Gasteiger partial charge on any atom is -0.493 e. The molecule has 0 aliphatic heterocycles. The van der Waals surface area contributed by atoms with Gasteiger partial charge in [0.05, 0.1) is 14.2 Å². The van der Waals surface area contributed by atoms with Gasteiger partial charge in [-0.2, -0.15) is 0 Å². The van der Waals surface area contributed by atoms with Crippen LogP contribution in [0.3, 0.4) is 0 Å². The van der Waals surface area contributed by atoms with Crippen LogP contribution in [0.4, 0.5) is 0 Å². The quantitative estimate of drug-likeness (QED) is 0.437.